The Hall–Kier alpha value is -2.12. The number of nitrogens with zero attached hydrogens (tertiary/aromatic N) is 3. The number of carbonyl (C=O) groups excluding carboxylic acids is 1. The summed E-state index contributed by atoms with van der Waals surface area (Å²) in [7, 11) is 0. The molecular formula is C21H24BrClN4O2. The van der Waals surface area contributed by atoms with Gasteiger partial charge in [-0.2, -0.15) is 0 Å². The second kappa shape index (κ2) is 8.71. The summed E-state index contributed by atoms with van der Waals surface area (Å²) in [5.74, 6) is 1.65. The van der Waals surface area contributed by atoms with Gasteiger partial charge < -0.3 is 14.6 Å². The van der Waals surface area contributed by atoms with Crippen molar-refractivity contribution in [1.29, 1.82) is 0 Å². The molecule has 0 bridgehead atoms. The van der Waals surface area contributed by atoms with Crippen LogP contribution in [0.1, 0.15) is 29.7 Å². The number of halogens is 2. The summed E-state index contributed by atoms with van der Waals surface area (Å²) in [4.78, 5) is 23.9. The minimum atomic E-state index is -0.0970. The van der Waals surface area contributed by atoms with E-state index in [2.05, 4.69) is 36.1 Å². The molecule has 6 nitrogen and oxygen atoms in total. The number of anilines is 2. The van der Waals surface area contributed by atoms with Crippen LogP contribution in [0.15, 0.2) is 33.4 Å². The summed E-state index contributed by atoms with van der Waals surface area (Å²) in [5, 5.41) is 4.01. The standard InChI is InChI=1S/C21H23BrN4O2.ClH/c1-12-6-7-17(16(22)9-12)25-20(27)15-5-4-8-26(10-15)19-18-13(2)14(3)28-21(18)24-11-23-19;/h6-7,9,11,15H,4-5,8,10H2,1-3H3,(H,25,27);1H. The van der Waals surface area contributed by atoms with Crippen molar-refractivity contribution in [3.63, 3.8) is 0 Å². The zero-order valence-corrected chi connectivity index (χ0v) is 19.1. The number of furan rings is 1. The van der Waals surface area contributed by atoms with Crippen LogP contribution in [0.3, 0.4) is 0 Å². The molecule has 1 saturated heterocycles. The lowest BCUT2D eigenvalue weighted by Gasteiger charge is -2.33. The fraction of sp³-hybridized carbons (Fsp3) is 0.381. The van der Waals surface area contributed by atoms with E-state index in [-0.39, 0.29) is 24.2 Å². The van der Waals surface area contributed by atoms with E-state index in [1.165, 1.54) is 6.33 Å². The van der Waals surface area contributed by atoms with E-state index in [1.807, 2.05) is 39.0 Å². The molecule has 1 aromatic carbocycles. The molecule has 8 heteroatoms. The highest BCUT2D eigenvalue weighted by Crippen LogP contribution is 2.33. The van der Waals surface area contributed by atoms with Gasteiger partial charge in [-0.1, -0.05) is 6.07 Å². The monoisotopic (exact) mass is 478 g/mol. The van der Waals surface area contributed by atoms with E-state index >= 15 is 0 Å². The van der Waals surface area contributed by atoms with Gasteiger partial charge in [-0.15, -0.1) is 12.4 Å². The first-order chi connectivity index (χ1) is 13.4. The quantitative estimate of drug-likeness (QED) is 0.560. The third-order valence-electron chi connectivity index (χ3n) is 5.42. The summed E-state index contributed by atoms with van der Waals surface area (Å²) in [6.45, 7) is 7.49. The lowest BCUT2D eigenvalue weighted by atomic mass is 9.96. The Labute approximate surface area is 184 Å². The van der Waals surface area contributed by atoms with Gasteiger partial charge in [0.15, 0.2) is 0 Å². The molecule has 0 aliphatic carbocycles. The van der Waals surface area contributed by atoms with Crippen molar-refractivity contribution in [2.75, 3.05) is 23.3 Å². The molecule has 3 aromatic rings. The van der Waals surface area contributed by atoms with Crippen molar-refractivity contribution < 1.29 is 9.21 Å². The highest BCUT2D eigenvalue weighted by atomic mass is 79.9. The molecule has 1 amide bonds. The van der Waals surface area contributed by atoms with Crippen LogP contribution in [0, 0.1) is 26.7 Å². The van der Waals surface area contributed by atoms with Crippen LogP contribution < -0.4 is 10.2 Å². The van der Waals surface area contributed by atoms with Gasteiger partial charge in [0, 0.05) is 23.1 Å². The molecule has 0 radical (unpaired) electrons. The third-order valence-corrected chi connectivity index (χ3v) is 6.08. The van der Waals surface area contributed by atoms with Crippen LogP contribution in [-0.4, -0.2) is 29.0 Å². The van der Waals surface area contributed by atoms with Crippen LogP contribution in [0.4, 0.5) is 11.5 Å². The average Bonchev–Trinajstić information content (AvgIpc) is 2.98. The smallest absolute Gasteiger partial charge is 0.231 e. The Kier molecular flexibility index (Phi) is 6.49. The number of benzene rings is 1. The highest BCUT2D eigenvalue weighted by Gasteiger charge is 2.29. The van der Waals surface area contributed by atoms with Crippen molar-refractivity contribution in [1.82, 2.24) is 9.97 Å². The van der Waals surface area contributed by atoms with Crippen molar-refractivity contribution >= 4 is 56.8 Å². The zero-order valence-electron chi connectivity index (χ0n) is 16.7. The summed E-state index contributed by atoms with van der Waals surface area (Å²) in [5.41, 5.74) is 3.61. The van der Waals surface area contributed by atoms with Crippen LogP contribution >= 0.6 is 28.3 Å². The number of aryl methyl sites for hydroxylation is 3. The molecule has 154 valence electrons. The number of piperidine rings is 1. The maximum absolute atomic E-state index is 12.9. The van der Waals surface area contributed by atoms with E-state index in [0.29, 0.717) is 12.3 Å². The molecule has 1 N–H and O–H groups in total. The number of hydrogen-bond acceptors (Lipinski definition) is 5. The molecule has 1 aliphatic heterocycles. The van der Waals surface area contributed by atoms with E-state index in [9.17, 15) is 4.79 Å². The molecule has 0 saturated carbocycles. The molecule has 4 rings (SSSR count). The molecular weight excluding hydrogens is 456 g/mol. The fourth-order valence-corrected chi connectivity index (χ4v) is 4.34. The lowest BCUT2D eigenvalue weighted by molar-refractivity contribution is -0.120. The van der Waals surface area contributed by atoms with Gasteiger partial charge in [0.25, 0.3) is 0 Å². The Balaban J connectivity index is 0.00000240. The summed E-state index contributed by atoms with van der Waals surface area (Å²) in [6, 6.07) is 5.93. The van der Waals surface area contributed by atoms with Crippen molar-refractivity contribution in [2.24, 2.45) is 5.92 Å². The first-order valence-corrected chi connectivity index (χ1v) is 10.3. The van der Waals surface area contributed by atoms with Gasteiger partial charge >= 0.3 is 0 Å². The van der Waals surface area contributed by atoms with E-state index in [1.54, 1.807) is 0 Å². The van der Waals surface area contributed by atoms with Crippen LogP contribution in [0.5, 0.6) is 0 Å². The first-order valence-electron chi connectivity index (χ1n) is 9.46. The van der Waals surface area contributed by atoms with Crippen molar-refractivity contribution in [2.45, 2.75) is 33.6 Å². The molecule has 1 fully saturated rings. The first kappa shape index (κ1) is 21.6. The van der Waals surface area contributed by atoms with E-state index in [0.717, 1.165) is 57.6 Å². The number of hydrogen-bond donors (Lipinski definition) is 1. The minimum Gasteiger partial charge on any atom is -0.443 e. The number of nitrogens with one attached hydrogen (secondary N) is 1. The van der Waals surface area contributed by atoms with Crippen LogP contribution in [0.2, 0.25) is 0 Å². The third kappa shape index (κ3) is 4.26. The van der Waals surface area contributed by atoms with Crippen molar-refractivity contribution in [3.05, 3.63) is 45.9 Å². The number of fused-ring (bicyclic) bond motifs is 1. The molecule has 0 spiro atoms. The maximum Gasteiger partial charge on any atom is 0.231 e. The Bertz CT molecular complexity index is 1050. The normalized spacial score (nSPS) is 16.6. The maximum atomic E-state index is 12.9. The van der Waals surface area contributed by atoms with Crippen LogP contribution in [0.25, 0.3) is 11.1 Å². The second-order valence-electron chi connectivity index (χ2n) is 7.42. The topological polar surface area (TPSA) is 71.3 Å². The Morgan fingerprint density at radius 3 is 2.83 bits per heavy atom. The van der Waals surface area contributed by atoms with Gasteiger partial charge in [-0.05, 0) is 67.2 Å². The summed E-state index contributed by atoms with van der Waals surface area (Å²) in [6.07, 6.45) is 3.34. The number of aromatic nitrogens is 2. The Morgan fingerprint density at radius 2 is 2.07 bits per heavy atom. The number of carbonyl (C=O) groups is 1. The molecule has 3 heterocycles. The van der Waals surface area contributed by atoms with E-state index < -0.39 is 0 Å². The summed E-state index contributed by atoms with van der Waals surface area (Å²) < 4.78 is 6.64. The highest BCUT2D eigenvalue weighted by molar-refractivity contribution is 9.10. The Morgan fingerprint density at radius 1 is 1.28 bits per heavy atom. The van der Waals surface area contributed by atoms with Gasteiger partial charge in [-0.25, -0.2) is 9.97 Å². The number of amides is 1. The summed E-state index contributed by atoms with van der Waals surface area (Å²) >= 11 is 3.53. The van der Waals surface area contributed by atoms with Crippen LogP contribution in [-0.2, 0) is 4.79 Å². The SMILES string of the molecule is Cc1ccc(NC(=O)C2CCCN(c3ncnc4oc(C)c(C)c34)C2)c(Br)c1.Cl. The predicted octanol–water partition coefficient (Wildman–Crippen LogP) is 5.19. The van der Waals surface area contributed by atoms with Gasteiger partial charge in [0.2, 0.25) is 11.6 Å². The zero-order chi connectivity index (χ0) is 19.8. The van der Waals surface area contributed by atoms with Crippen molar-refractivity contribution in [3.8, 4) is 0 Å². The lowest BCUT2D eigenvalue weighted by Crippen LogP contribution is -2.41. The fourth-order valence-electron chi connectivity index (χ4n) is 3.74. The van der Waals surface area contributed by atoms with Gasteiger partial charge in [0.05, 0.1) is 17.0 Å². The molecule has 1 unspecified atom stereocenters. The minimum absolute atomic E-state index is 0. The molecule has 1 aliphatic rings. The molecule has 2 aromatic heterocycles. The number of rotatable bonds is 3. The van der Waals surface area contributed by atoms with Gasteiger partial charge in [-0.3, -0.25) is 4.79 Å². The average molecular weight is 480 g/mol. The van der Waals surface area contributed by atoms with E-state index in [4.69, 9.17) is 4.42 Å². The molecule has 29 heavy (non-hydrogen) atoms. The predicted molar refractivity (Wildman–Crippen MR) is 121 cm³/mol. The van der Waals surface area contributed by atoms with Gasteiger partial charge in [0.1, 0.15) is 17.9 Å². The largest absolute Gasteiger partial charge is 0.443 e. The molecule has 1 atom stereocenters. The second-order valence-corrected chi connectivity index (χ2v) is 8.27.